The first kappa shape index (κ1) is 15.7. The van der Waals surface area contributed by atoms with Crippen molar-refractivity contribution < 1.29 is 8.42 Å². The average Bonchev–Trinajstić information content (AvgIpc) is 2.74. The molecule has 0 aromatic heterocycles. The standard InChI is InChI=1S/C15H20ClNO2S2/c1-20-14-8-12-6-7-13(9-14)17(12)21(18,19)10-11-4-2-3-5-15(11)16/h2-5,12-14H,6-10H2,1H3. The molecule has 0 radical (unpaired) electrons. The summed E-state index contributed by atoms with van der Waals surface area (Å²) in [5, 5.41) is 1.14. The van der Waals surface area contributed by atoms with Gasteiger partial charge in [0, 0.05) is 22.4 Å². The number of hydrogen-bond acceptors (Lipinski definition) is 3. The smallest absolute Gasteiger partial charge is 0.212 e. The number of halogens is 1. The first-order valence-corrected chi connectivity index (χ1v) is 10.6. The van der Waals surface area contributed by atoms with Gasteiger partial charge in [0.1, 0.15) is 0 Å². The number of piperidine rings is 1. The van der Waals surface area contributed by atoms with Crippen LogP contribution in [0, 0.1) is 0 Å². The molecule has 3 nitrogen and oxygen atoms in total. The fourth-order valence-corrected chi connectivity index (χ4v) is 6.81. The SMILES string of the molecule is CSC1CC2CCC(C1)N2S(=O)(=O)Cc1ccccc1Cl. The highest BCUT2D eigenvalue weighted by molar-refractivity contribution is 7.99. The Balaban J connectivity index is 1.82. The van der Waals surface area contributed by atoms with Crippen LogP contribution in [0.5, 0.6) is 0 Å². The van der Waals surface area contributed by atoms with Crippen LogP contribution in [0.3, 0.4) is 0 Å². The zero-order valence-electron chi connectivity index (χ0n) is 12.0. The fourth-order valence-electron chi connectivity index (χ4n) is 3.62. The number of benzene rings is 1. The quantitative estimate of drug-likeness (QED) is 0.837. The van der Waals surface area contributed by atoms with Gasteiger partial charge in [-0.15, -0.1) is 0 Å². The normalized spacial score (nSPS) is 29.7. The van der Waals surface area contributed by atoms with E-state index in [-0.39, 0.29) is 17.8 Å². The summed E-state index contributed by atoms with van der Waals surface area (Å²) in [5.41, 5.74) is 0.700. The third-order valence-electron chi connectivity index (χ3n) is 4.57. The van der Waals surface area contributed by atoms with Crippen LogP contribution >= 0.6 is 23.4 Å². The predicted molar refractivity (Wildman–Crippen MR) is 89.3 cm³/mol. The van der Waals surface area contributed by atoms with Gasteiger partial charge in [-0.2, -0.15) is 16.1 Å². The van der Waals surface area contributed by atoms with Gasteiger partial charge >= 0.3 is 0 Å². The van der Waals surface area contributed by atoms with E-state index < -0.39 is 10.0 Å². The van der Waals surface area contributed by atoms with Crippen molar-refractivity contribution in [2.45, 2.75) is 48.8 Å². The van der Waals surface area contributed by atoms with E-state index in [2.05, 4.69) is 6.26 Å². The first-order chi connectivity index (χ1) is 10.0. The summed E-state index contributed by atoms with van der Waals surface area (Å²) in [5.74, 6) is 0.0175. The Hall–Kier alpha value is -0.230. The van der Waals surface area contributed by atoms with Crippen LogP contribution in [0.25, 0.3) is 0 Å². The maximum Gasteiger partial charge on any atom is 0.218 e. The Morgan fingerprint density at radius 1 is 1.24 bits per heavy atom. The molecule has 6 heteroatoms. The van der Waals surface area contributed by atoms with E-state index in [4.69, 9.17) is 11.6 Å². The van der Waals surface area contributed by atoms with Crippen molar-refractivity contribution in [2.24, 2.45) is 0 Å². The van der Waals surface area contributed by atoms with E-state index in [0.717, 1.165) is 25.7 Å². The van der Waals surface area contributed by atoms with Crippen molar-refractivity contribution in [1.29, 1.82) is 0 Å². The predicted octanol–water partition coefficient (Wildman–Crippen LogP) is 3.53. The molecule has 2 bridgehead atoms. The van der Waals surface area contributed by atoms with Gasteiger partial charge in [-0.05, 0) is 43.6 Å². The molecule has 2 atom stereocenters. The molecular formula is C15H20ClNO2S2. The summed E-state index contributed by atoms with van der Waals surface area (Å²) < 4.78 is 27.4. The second kappa shape index (κ2) is 6.11. The minimum absolute atomic E-state index is 0.0175. The van der Waals surface area contributed by atoms with Crippen molar-refractivity contribution in [1.82, 2.24) is 4.31 Å². The van der Waals surface area contributed by atoms with Gasteiger partial charge < -0.3 is 0 Å². The van der Waals surface area contributed by atoms with Gasteiger partial charge in [-0.1, -0.05) is 29.8 Å². The molecule has 3 rings (SSSR count). The molecule has 2 aliphatic rings. The molecule has 116 valence electrons. The van der Waals surface area contributed by atoms with Crippen molar-refractivity contribution in [3.63, 3.8) is 0 Å². The number of sulfonamides is 1. The van der Waals surface area contributed by atoms with Crippen LogP contribution in [0.1, 0.15) is 31.2 Å². The Morgan fingerprint density at radius 3 is 2.43 bits per heavy atom. The summed E-state index contributed by atoms with van der Waals surface area (Å²) in [6, 6.07) is 7.59. The lowest BCUT2D eigenvalue weighted by molar-refractivity contribution is 0.253. The maximum atomic E-state index is 12.8. The second-order valence-corrected chi connectivity index (χ2v) is 9.31. The van der Waals surface area contributed by atoms with Gasteiger partial charge in [0.25, 0.3) is 0 Å². The number of fused-ring (bicyclic) bond motifs is 2. The van der Waals surface area contributed by atoms with Crippen molar-refractivity contribution in [3.05, 3.63) is 34.9 Å². The van der Waals surface area contributed by atoms with Crippen molar-refractivity contribution >= 4 is 33.4 Å². The Labute approximate surface area is 136 Å². The third kappa shape index (κ3) is 3.11. The lowest BCUT2D eigenvalue weighted by Gasteiger charge is -2.37. The van der Waals surface area contributed by atoms with Gasteiger partial charge in [0.05, 0.1) is 5.75 Å². The number of thioether (sulfide) groups is 1. The molecule has 2 fully saturated rings. The topological polar surface area (TPSA) is 37.4 Å². The zero-order chi connectivity index (χ0) is 15.0. The Bertz CT molecular complexity index is 606. The number of rotatable bonds is 4. The van der Waals surface area contributed by atoms with Crippen LogP contribution < -0.4 is 0 Å². The van der Waals surface area contributed by atoms with Gasteiger partial charge in [-0.25, -0.2) is 8.42 Å². The number of hydrogen-bond donors (Lipinski definition) is 0. The second-order valence-electron chi connectivity index (χ2n) is 5.89. The average molecular weight is 346 g/mol. The molecule has 2 unspecified atom stereocenters. The maximum absolute atomic E-state index is 12.8. The van der Waals surface area contributed by atoms with Crippen molar-refractivity contribution in [2.75, 3.05) is 6.26 Å². The van der Waals surface area contributed by atoms with Crippen LogP contribution in [-0.4, -0.2) is 36.3 Å². The van der Waals surface area contributed by atoms with Crippen LogP contribution in [0.4, 0.5) is 0 Å². The summed E-state index contributed by atoms with van der Waals surface area (Å²) >= 11 is 7.99. The molecule has 1 aromatic carbocycles. The highest BCUT2D eigenvalue weighted by Crippen LogP contribution is 2.42. The van der Waals surface area contributed by atoms with Gasteiger partial charge in [0.2, 0.25) is 10.0 Å². The molecule has 2 heterocycles. The molecule has 0 N–H and O–H groups in total. The van der Waals surface area contributed by atoms with E-state index in [0.29, 0.717) is 15.8 Å². The molecule has 21 heavy (non-hydrogen) atoms. The lowest BCUT2D eigenvalue weighted by Crippen LogP contribution is -2.47. The van der Waals surface area contributed by atoms with E-state index in [1.807, 2.05) is 23.9 Å². The van der Waals surface area contributed by atoms with Crippen LogP contribution in [0.2, 0.25) is 5.02 Å². The van der Waals surface area contributed by atoms with Crippen molar-refractivity contribution in [3.8, 4) is 0 Å². The lowest BCUT2D eigenvalue weighted by atomic mass is 10.1. The van der Waals surface area contributed by atoms with E-state index in [9.17, 15) is 8.42 Å². The molecule has 0 amide bonds. The van der Waals surface area contributed by atoms with Gasteiger partial charge in [0.15, 0.2) is 0 Å². The van der Waals surface area contributed by atoms with E-state index >= 15 is 0 Å². The van der Waals surface area contributed by atoms with E-state index in [1.165, 1.54) is 0 Å². The summed E-state index contributed by atoms with van der Waals surface area (Å²) in [4.78, 5) is 0. The molecule has 0 saturated carbocycles. The Kier molecular flexibility index (Phi) is 4.55. The molecule has 1 aromatic rings. The van der Waals surface area contributed by atoms with Gasteiger partial charge in [-0.3, -0.25) is 0 Å². The molecule has 2 aliphatic heterocycles. The molecular weight excluding hydrogens is 326 g/mol. The highest BCUT2D eigenvalue weighted by atomic mass is 35.5. The Morgan fingerprint density at radius 2 is 1.86 bits per heavy atom. The first-order valence-electron chi connectivity index (χ1n) is 7.28. The summed E-state index contributed by atoms with van der Waals surface area (Å²) in [7, 11) is -3.29. The molecule has 2 saturated heterocycles. The van der Waals surface area contributed by atoms with Crippen LogP contribution in [-0.2, 0) is 15.8 Å². The summed E-state index contributed by atoms with van der Waals surface area (Å²) in [6.45, 7) is 0. The van der Waals surface area contributed by atoms with E-state index in [1.54, 1.807) is 16.4 Å². The minimum atomic E-state index is -3.29. The summed E-state index contributed by atoms with van der Waals surface area (Å²) in [6.07, 6.45) is 6.10. The number of nitrogens with zero attached hydrogens (tertiary/aromatic N) is 1. The fraction of sp³-hybridized carbons (Fsp3) is 0.600. The van der Waals surface area contributed by atoms with Crippen LogP contribution in [0.15, 0.2) is 24.3 Å². The third-order valence-corrected chi connectivity index (χ3v) is 7.91. The minimum Gasteiger partial charge on any atom is -0.212 e. The zero-order valence-corrected chi connectivity index (χ0v) is 14.4. The largest absolute Gasteiger partial charge is 0.218 e. The molecule has 0 aliphatic carbocycles. The highest BCUT2D eigenvalue weighted by Gasteiger charge is 2.46. The monoisotopic (exact) mass is 345 g/mol. The molecule has 0 spiro atoms.